The number of fused-ring (bicyclic) bond motifs is 1. The van der Waals surface area contributed by atoms with Crippen molar-refractivity contribution in [3.63, 3.8) is 0 Å². The van der Waals surface area contributed by atoms with Gasteiger partial charge in [0.2, 0.25) is 0 Å². The summed E-state index contributed by atoms with van der Waals surface area (Å²) < 4.78 is 0. The van der Waals surface area contributed by atoms with Crippen LogP contribution >= 0.6 is 0 Å². The summed E-state index contributed by atoms with van der Waals surface area (Å²) in [6.07, 6.45) is 1.66. The van der Waals surface area contributed by atoms with Crippen LogP contribution in [0.15, 0.2) is 114 Å². The van der Waals surface area contributed by atoms with Crippen molar-refractivity contribution in [1.82, 2.24) is 0 Å². The molecule has 0 unspecified atom stereocenters. The molecule has 0 radical (unpaired) electrons. The molecule has 0 spiro atoms. The number of rotatable bonds is 2. The Labute approximate surface area is 215 Å². The van der Waals surface area contributed by atoms with E-state index in [1.54, 1.807) is 66.9 Å². The molecule has 0 fully saturated rings. The Morgan fingerprint density at radius 1 is 0.622 bits per heavy atom. The third kappa shape index (κ3) is 7.77. The molecule has 0 aromatic heterocycles. The summed E-state index contributed by atoms with van der Waals surface area (Å²) in [6.45, 7) is 0. The topological polar surface area (TPSA) is 160 Å². The largest absolute Gasteiger partial charge is 0.507 e. The van der Waals surface area contributed by atoms with Crippen LogP contribution in [-0.4, -0.2) is 11.3 Å². The van der Waals surface area contributed by atoms with E-state index in [1.807, 2.05) is 54.6 Å². The summed E-state index contributed by atoms with van der Waals surface area (Å²) in [5.74, 6) is 0.219. The van der Waals surface area contributed by atoms with Gasteiger partial charge >= 0.3 is 0 Å². The Morgan fingerprint density at radius 2 is 1.14 bits per heavy atom. The predicted molar refractivity (Wildman–Crippen MR) is 155 cm³/mol. The van der Waals surface area contributed by atoms with Crippen molar-refractivity contribution in [3.8, 4) is 11.8 Å². The molecule has 0 amide bonds. The molecule has 5 aromatic rings. The lowest BCUT2D eigenvalue weighted by Crippen LogP contribution is -1.87. The van der Waals surface area contributed by atoms with Gasteiger partial charge < -0.3 is 28.0 Å². The number of aromatic hydroxyl groups is 1. The molecule has 7 heteroatoms. The third-order valence-corrected chi connectivity index (χ3v) is 5.19. The first-order valence-corrected chi connectivity index (χ1v) is 11.3. The van der Waals surface area contributed by atoms with Crippen LogP contribution in [0.2, 0.25) is 0 Å². The smallest absolute Gasteiger partial charge is 0.124 e. The first kappa shape index (κ1) is 26.1. The van der Waals surface area contributed by atoms with Crippen LogP contribution in [0.1, 0.15) is 11.1 Å². The molecule has 0 heterocycles. The second kappa shape index (κ2) is 12.8. The van der Waals surface area contributed by atoms with Crippen molar-refractivity contribution in [3.05, 3.63) is 120 Å². The highest BCUT2D eigenvalue weighted by Crippen LogP contribution is 2.30. The van der Waals surface area contributed by atoms with Crippen LogP contribution in [0.5, 0.6) is 5.75 Å². The average Bonchev–Trinajstić information content (AvgIpc) is 2.92. The highest BCUT2D eigenvalue weighted by Gasteiger charge is 2.02. The van der Waals surface area contributed by atoms with E-state index in [0.717, 1.165) is 33.5 Å². The Hall–Kier alpha value is -5.48. The van der Waals surface area contributed by atoms with Gasteiger partial charge in [-0.2, -0.15) is 5.26 Å². The molecule has 0 bridgehead atoms. The SMILES string of the molecule is N#Cc1ccc(N)cc1.Nc1ccc(N)cc1.Nc1ccc(N=Cc2ccccc2O)c2ccccc12. The van der Waals surface area contributed by atoms with Crippen LogP contribution in [0.4, 0.5) is 28.4 Å². The number of aliphatic imine (C=N–C) groups is 1. The van der Waals surface area contributed by atoms with Gasteiger partial charge in [-0.1, -0.05) is 36.4 Å². The van der Waals surface area contributed by atoms with E-state index in [2.05, 4.69) is 4.99 Å². The number of nitrogens with zero attached hydrogens (tertiary/aromatic N) is 2. The Kier molecular flexibility index (Phi) is 9.06. The van der Waals surface area contributed by atoms with E-state index in [9.17, 15) is 5.11 Å². The summed E-state index contributed by atoms with van der Waals surface area (Å²) in [5, 5.41) is 20.1. The van der Waals surface area contributed by atoms with Gasteiger partial charge in [-0.25, -0.2) is 0 Å². The number of phenols is 1. The van der Waals surface area contributed by atoms with E-state index in [0.29, 0.717) is 16.8 Å². The summed E-state index contributed by atoms with van der Waals surface area (Å²) >= 11 is 0. The Bertz CT molecular complexity index is 1500. The van der Waals surface area contributed by atoms with Gasteiger partial charge in [0.05, 0.1) is 17.3 Å². The third-order valence-electron chi connectivity index (χ3n) is 5.19. The van der Waals surface area contributed by atoms with Gasteiger partial charge in [0.15, 0.2) is 0 Å². The number of nitriles is 1. The molecule has 5 aromatic carbocycles. The Balaban J connectivity index is 0.000000184. The van der Waals surface area contributed by atoms with E-state index in [1.165, 1.54) is 0 Å². The minimum Gasteiger partial charge on any atom is -0.507 e. The van der Waals surface area contributed by atoms with E-state index in [4.69, 9.17) is 28.2 Å². The van der Waals surface area contributed by atoms with Crippen molar-refractivity contribution in [2.75, 3.05) is 22.9 Å². The molecule has 9 N–H and O–H groups in total. The summed E-state index contributed by atoms with van der Waals surface area (Å²) in [5.41, 5.74) is 27.2. The molecule has 0 saturated heterocycles. The first-order chi connectivity index (χ1) is 17.9. The standard InChI is InChI=1S/C17H14N2O.C7H6N2.C6H8N2/c18-15-9-10-16(14-7-3-2-6-13(14)15)19-11-12-5-1-4-8-17(12)20;8-5-6-1-3-7(9)4-2-6;7-5-1-2-6(8)4-3-5/h1-11,20H,18H2;1-4H,9H2;1-4H,7-8H2. The predicted octanol–water partition coefficient (Wildman–Crippen LogP) is 5.87. The number of anilines is 4. The number of phenolic OH excluding ortho intramolecular Hbond substituents is 1. The summed E-state index contributed by atoms with van der Waals surface area (Å²) in [4.78, 5) is 4.47. The van der Waals surface area contributed by atoms with Crippen LogP contribution in [0.25, 0.3) is 10.8 Å². The number of benzene rings is 5. The fourth-order valence-corrected chi connectivity index (χ4v) is 3.21. The van der Waals surface area contributed by atoms with Gasteiger partial charge in [-0.15, -0.1) is 0 Å². The second-order valence-corrected chi connectivity index (χ2v) is 7.94. The number of nitrogen functional groups attached to an aromatic ring is 4. The van der Waals surface area contributed by atoms with Gasteiger partial charge in [0, 0.05) is 45.3 Å². The zero-order chi connectivity index (χ0) is 26.6. The van der Waals surface area contributed by atoms with Crippen molar-refractivity contribution in [2.45, 2.75) is 0 Å². The maximum atomic E-state index is 9.73. The van der Waals surface area contributed by atoms with Gasteiger partial charge in [-0.3, -0.25) is 4.99 Å². The van der Waals surface area contributed by atoms with E-state index < -0.39 is 0 Å². The Morgan fingerprint density at radius 3 is 1.70 bits per heavy atom. The maximum Gasteiger partial charge on any atom is 0.124 e. The molecule has 7 nitrogen and oxygen atoms in total. The summed E-state index contributed by atoms with van der Waals surface area (Å²) in [6, 6.07) is 34.6. The number of para-hydroxylation sites is 1. The highest BCUT2D eigenvalue weighted by atomic mass is 16.3. The molecule has 37 heavy (non-hydrogen) atoms. The normalized spacial score (nSPS) is 10.0. The molecule has 0 saturated carbocycles. The monoisotopic (exact) mass is 488 g/mol. The molecular formula is C30H28N6O. The van der Waals surface area contributed by atoms with Crippen LogP contribution in [-0.2, 0) is 0 Å². The zero-order valence-corrected chi connectivity index (χ0v) is 20.1. The number of nitrogens with two attached hydrogens (primary N) is 4. The second-order valence-electron chi connectivity index (χ2n) is 7.94. The molecule has 0 aliphatic heterocycles. The maximum absolute atomic E-state index is 9.73. The number of hydrogen-bond acceptors (Lipinski definition) is 7. The molecule has 0 aliphatic rings. The quantitative estimate of drug-likeness (QED) is 0.154. The lowest BCUT2D eigenvalue weighted by atomic mass is 10.1. The van der Waals surface area contributed by atoms with E-state index in [-0.39, 0.29) is 5.75 Å². The summed E-state index contributed by atoms with van der Waals surface area (Å²) in [7, 11) is 0. The van der Waals surface area contributed by atoms with Crippen molar-refractivity contribution >= 4 is 45.4 Å². The van der Waals surface area contributed by atoms with Crippen molar-refractivity contribution in [2.24, 2.45) is 4.99 Å². The van der Waals surface area contributed by atoms with Gasteiger partial charge in [-0.05, 0) is 72.8 Å². The fraction of sp³-hybridized carbons (Fsp3) is 0. The molecule has 0 aliphatic carbocycles. The molecular weight excluding hydrogens is 460 g/mol. The van der Waals surface area contributed by atoms with Crippen molar-refractivity contribution in [1.29, 1.82) is 5.26 Å². The average molecular weight is 489 g/mol. The highest BCUT2D eigenvalue weighted by molar-refractivity contribution is 6.01. The molecule has 184 valence electrons. The lowest BCUT2D eigenvalue weighted by Gasteiger charge is -2.05. The minimum atomic E-state index is 0.219. The zero-order valence-electron chi connectivity index (χ0n) is 20.1. The lowest BCUT2D eigenvalue weighted by molar-refractivity contribution is 0.474. The first-order valence-electron chi connectivity index (χ1n) is 11.3. The minimum absolute atomic E-state index is 0.219. The van der Waals surface area contributed by atoms with Crippen LogP contribution in [0.3, 0.4) is 0 Å². The van der Waals surface area contributed by atoms with Gasteiger partial charge in [0.25, 0.3) is 0 Å². The van der Waals surface area contributed by atoms with E-state index >= 15 is 0 Å². The van der Waals surface area contributed by atoms with Gasteiger partial charge in [0.1, 0.15) is 5.75 Å². The molecule has 5 rings (SSSR count). The molecule has 0 atom stereocenters. The van der Waals surface area contributed by atoms with Crippen LogP contribution < -0.4 is 22.9 Å². The number of hydrogen-bond donors (Lipinski definition) is 5. The fourth-order valence-electron chi connectivity index (χ4n) is 3.21. The van der Waals surface area contributed by atoms with Crippen LogP contribution in [0, 0.1) is 11.3 Å². The van der Waals surface area contributed by atoms with Crippen molar-refractivity contribution < 1.29 is 5.11 Å².